The van der Waals surface area contributed by atoms with Crippen LogP contribution in [0.2, 0.25) is 0 Å². The largest absolute Gasteiger partial charge is 0.465 e. The Balaban J connectivity index is 1.80. The summed E-state index contributed by atoms with van der Waals surface area (Å²) in [5.41, 5.74) is -2.70. The Morgan fingerprint density at radius 1 is 1.00 bits per heavy atom. The molecule has 0 aromatic carbocycles. The first kappa shape index (κ1) is 27.8. The number of amides is 2. The number of nitrogens with zero attached hydrogens (tertiary/aromatic N) is 2. The Bertz CT molecular complexity index is 939. The quantitative estimate of drug-likeness (QED) is 0.317. The molecule has 2 saturated heterocycles. The second-order valence-electron chi connectivity index (χ2n) is 11.9. The number of likely N-dealkylation sites (tertiary alicyclic amines) is 1. The van der Waals surface area contributed by atoms with Crippen LogP contribution in [0.1, 0.15) is 79.1 Å². The predicted molar refractivity (Wildman–Crippen MR) is 139 cm³/mol. The van der Waals surface area contributed by atoms with Crippen LogP contribution >= 0.6 is 0 Å². The predicted octanol–water partition coefficient (Wildman–Crippen LogP) is 3.38. The number of aliphatic hydroxyl groups is 1. The zero-order valence-corrected chi connectivity index (χ0v) is 22.9. The van der Waals surface area contributed by atoms with E-state index in [0.29, 0.717) is 39.0 Å². The first-order valence-electron chi connectivity index (χ1n) is 14.1. The summed E-state index contributed by atoms with van der Waals surface area (Å²) in [7, 11) is 0. The van der Waals surface area contributed by atoms with Gasteiger partial charge in [-0.25, -0.2) is 0 Å². The Hall–Kier alpha value is -2.19. The number of fused-ring (bicyclic) bond motifs is 2. The molecule has 37 heavy (non-hydrogen) atoms. The van der Waals surface area contributed by atoms with Gasteiger partial charge in [0, 0.05) is 25.2 Å². The van der Waals surface area contributed by atoms with Crippen molar-refractivity contribution in [1.29, 1.82) is 0 Å². The smallest absolute Gasteiger partial charge is 0.313 e. The summed E-state index contributed by atoms with van der Waals surface area (Å²) < 4.78 is 12.7. The lowest BCUT2D eigenvalue weighted by atomic mass is 9.73. The molecule has 206 valence electrons. The van der Waals surface area contributed by atoms with Gasteiger partial charge < -0.3 is 24.4 Å². The minimum absolute atomic E-state index is 0.143. The molecule has 4 aliphatic rings. The minimum Gasteiger partial charge on any atom is -0.465 e. The van der Waals surface area contributed by atoms with E-state index in [1.165, 1.54) is 0 Å². The molecule has 2 fully saturated rings. The van der Waals surface area contributed by atoms with Crippen LogP contribution in [0.25, 0.3) is 0 Å². The Morgan fingerprint density at radius 3 is 2.46 bits per heavy atom. The molecule has 8 heteroatoms. The Kier molecular flexibility index (Phi) is 8.19. The highest BCUT2D eigenvalue weighted by molar-refractivity contribution is 5.99. The number of unbranched alkanes of at least 4 members (excludes halogenated alkanes) is 3. The summed E-state index contributed by atoms with van der Waals surface area (Å²) in [6.45, 7) is 9.24. The average molecular weight is 517 g/mol. The molecule has 2 amide bonds. The van der Waals surface area contributed by atoms with Gasteiger partial charge in [-0.2, -0.15) is 0 Å². The van der Waals surface area contributed by atoms with E-state index in [0.717, 1.165) is 32.1 Å². The van der Waals surface area contributed by atoms with Crippen molar-refractivity contribution < 1.29 is 29.0 Å². The first-order valence-corrected chi connectivity index (χ1v) is 14.1. The van der Waals surface area contributed by atoms with Crippen LogP contribution in [-0.2, 0) is 23.9 Å². The summed E-state index contributed by atoms with van der Waals surface area (Å²) in [6, 6.07) is -0.844. The van der Waals surface area contributed by atoms with Crippen molar-refractivity contribution in [2.24, 2.45) is 11.8 Å². The standard InChI is InChI=1S/C29H44N2O6/c1-5-28-15-10-6-9-13-20-36-26(35)22(28)21-24(33)30(17-11-7-8-12-19-32)23-25(34)31(27(2,3)4)18-14-16-29(21,23)37-28/h10,14-16,21-23,32H,5-9,11-13,17-20H2,1-4H3/b15-10-/t21-,22-,23?,28+,29-/m0/s1. The molecule has 0 radical (unpaired) electrons. The van der Waals surface area contributed by atoms with Gasteiger partial charge in [0.25, 0.3) is 0 Å². The van der Waals surface area contributed by atoms with E-state index in [1.807, 2.05) is 50.8 Å². The number of allylic oxidation sites excluding steroid dienone is 1. The summed E-state index contributed by atoms with van der Waals surface area (Å²) in [6.07, 6.45) is 14.0. The molecular weight excluding hydrogens is 472 g/mol. The van der Waals surface area contributed by atoms with E-state index < -0.39 is 40.6 Å². The highest BCUT2D eigenvalue weighted by atomic mass is 16.6. The van der Waals surface area contributed by atoms with Gasteiger partial charge in [-0.3, -0.25) is 14.4 Å². The maximum absolute atomic E-state index is 14.3. The zero-order chi connectivity index (χ0) is 26.8. The van der Waals surface area contributed by atoms with Crippen molar-refractivity contribution in [3.05, 3.63) is 24.3 Å². The third-order valence-electron chi connectivity index (χ3n) is 8.50. The van der Waals surface area contributed by atoms with Gasteiger partial charge in [-0.05, 0) is 59.3 Å². The van der Waals surface area contributed by atoms with E-state index >= 15 is 0 Å². The molecule has 8 nitrogen and oxygen atoms in total. The zero-order valence-electron chi connectivity index (χ0n) is 22.9. The molecule has 0 aromatic heterocycles. The number of rotatable bonds is 7. The van der Waals surface area contributed by atoms with Crippen molar-refractivity contribution in [3.8, 4) is 0 Å². The van der Waals surface area contributed by atoms with Crippen LogP contribution in [-0.4, -0.2) is 81.8 Å². The van der Waals surface area contributed by atoms with Crippen LogP contribution < -0.4 is 0 Å². The lowest BCUT2D eigenvalue weighted by Crippen LogP contribution is -2.59. The third-order valence-corrected chi connectivity index (χ3v) is 8.50. The van der Waals surface area contributed by atoms with Crippen LogP contribution in [0.4, 0.5) is 0 Å². The van der Waals surface area contributed by atoms with Crippen LogP contribution in [0, 0.1) is 11.8 Å². The lowest BCUT2D eigenvalue weighted by molar-refractivity contribution is -0.162. The number of carbonyl (C=O) groups excluding carboxylic acids is 3. The second kappa shape index (κ2) is 10.9. The third kappa shape index (κ3) is 4.87. The molecule has 1 unspecified atom stereocenters. The molecule has 4 rings (SSSR count). The summed E-state index contributed by atoms with van der Waals surface area (Å²) >= 11 is 0. The van der Waals surface area contributed by atoms with Gasteiger partial charge in [0.2, 0.25) is 11.8 Å². The van der Waals surface area contributed by atoms with Crippen LogP contribution in [0.15, 0.2) is 24.3 Å². The van der Waals surface area contributed by atoms with E-state index in [4.69, 9.17) is 14.6 Å². The summed E-state index contributed by atoms with van der Waals surface area (Å²) in [5.74, 6) is -2.41. The second-order valence-corrected chi connectivity index (χ2v) is 11.9. The van der Waals surface area contributed by atoms with E-state index in [-0.39, 0.29) is 18.4 Å². The summed E-state index contributed by atoms with van der Waals surface area (Å²) in [4.78, 5) is 45.6. The molecule has 5 atom stereocenters. The first-order chi connectivity index (χ1) is 17.6. The lowest BCUT2D eigenvalue weighted by Gasteiger charge is -2.41. The van der Waals surface area contributed by atoms with Crippen molar-refractivity contribution in [3.63, 3.8) is 0 Å². The van der Waals surface area contributed by atoms with Crippen LogP contribution in [0.3, 0.4) is 0 Å². The van der Waals surface area contributed by atoms with E-state index in [2.05, 4.69) is 6.08 Å². The number of hydrogen-bond acceptors (Lipinski definition) is 6. The number of carbonyl (C=O) groups is 3. The summed E-state index contributed by atoms with van der Waals surface area (Å²) in [5, 5.41) is 9.13. The molecule has 0 aliphatic carbocycles. The molecule has 0 bridgehead atoms. The molecule has 1 N–H and O–H groups in total. The minimum atomic E-state index is -1.24. The normalized spacial score (nSPS) is 35.1. The fourth-order valence-electron chi connectivity index (χ4n) is 6.63. The van der Waals surface area contributed by atoms with Gasteiger partial charge in [0.05, 0.1) is 12.5 Å². The number of cyclic esters (lactones) is 1. The Labute approximate surface area is 221 Å². The van der Waals surface area contributed by atoms with Crippen molar-refractivity contribution in [2.75, 3.05) is 26.3 Å². The van der Waals surface area contributed by atoms with E-state index in [9.17, 15) is 14.4 Å². The Morgan fingerprint density at radius 2 is 1.76 bits per heavy atom. The van der Waals surface area contributed by atoms with Gasteiger partial charge >= 0.3 is 5.97 Å². The fraction of sp³-hybridized carbons (Fsp3) is 0.759. The number of ether oxygens (including phenoxy) is 2. The highest BCUT2D eigenvalue weighted by Gasteiger charge is 2.75. The van der Waals surface area contributed by atoms with Crippen molar-refractivity contribution in [1.82, 2.24) is 9.80 Å². The molecule has 4 aliphatic heterocycles. The van der Waals surface area contributed by atoms with Gasteiger partial charge in [-0.1, -0.05) is 44.1 Å². The monoisotopic (exact) mass is 516 g/mol. The number of esters is 1. The topological polar surface area (TPSA) is 96.4 Å². The highest BCUT2D eigenvalue weighted by Crippen LogP contribution is 2.58. The molecule has 0 aromatic rings. The maximum Gasteiger partial charge on any atom is 0.313 e. The van der Waals surface area contributed by atoms with Crippen molar-refractivity contribution >= 4 is 17.8 Å². The average Bonchev–Trinajstić information content (AvgIpc) is 3.19. The molecule has 0 saturated carbocycles. The van der Waals surface area contributed by atoms with Gasteiger partial charge in [-0.15, -0.1) is 0 Å². The SMILES string of the molecule is CC[C@@]12/C=C\CCCCOC(=O)[C@@H]1[C@H]1C(=O)N(CCCCCCO)C3C(=O)N(C(C)(C)C)CC=C[C@@]31O2. The van der Waals surface area contributed by atoms with Gasteiger partial charge in [0.15, 0.2) is 0 Å². The van der Waals surface area contributed by atoms with E-state index in [1.54, 1.807) is 4.90 Å². The molecular formula is C29H44N2O6. The molecule has 1 spiro atoms. The van der Waals surface area contributed by atoms with Gasteiger partial charge in [0.1, 0.15) is 23.2 Å². The fourth-order valence-corrected chi connectivity index (χ4v) is 6.63. The van der Waals surface area contributed by atoms with Crippen molar-refractivity contribution in [2.45, 2.75) is 102 Å². The van der Waals surface area contributed by atoms with Crippen LogP contribution in [0.5, 0.6) is 0 Å². The number of aliphatic hydroxyl groups excluding tert-OH is 1. The molecule has 4 heterocycles. The maximum atomic E-state index is 14.3. The number of hydrogen-bond donors (Lipinski definition) is 1.